The number of nitrogens with one attached hydrogen (secondary N) is 2. The minimum atomic E-state index is -0.579. The van der Waals surface area contributed by atoms with Gasteiger partial charge >= 0.3 is 6.03 Å². The first-order valence-electron chi connectivity index (χ1n) is 10.3. The Morgan fingerprint density at radius 3 is 2.41 bits per heavy atom. The van der Waals surface area contributed by atoms with Crippen molar-refractivity contribution in [1.29, 1.82) is 0 Å². The Hall–Kier alpha value is -3.17. The molecule has 9 nitrogen and oxygen atoms in total. The number of benzene rings is 2. The Morgan fingerprint density at radius 1 is 1.09 bits per heavy atom. The van der Waals surface area contributed by atoms with Gasteiger partial charge in [0.15, 0.2) is 0 Å². The van der Waals surface area contributed by atoms with Gasteiger partial charge in [-0.1, -0.05) is 29.3 Å². The van der Waals surface area contributed by atoms with Gasteiger partial charge in [0.25, 0.3) is 5.69 Å². The summed E-state index contributed by atoms with van der Waals surface area (Å²) in [7, 11) is 0. The summed E-state index contributed by atoms with van der Waals surface area (Å²) < 4.78 is 0. The maximum atomic E-state index is 12.6. The number of imide groups is 1. The van der Waals surface area contributed by atoms with Gasteiger partial charge in [0.1, 0.15) is 5.69 Å². The third-order valence-corrected chi connectivity index (χ3v) is 5.82. The van der Waals surface area contributed by atoms with Crippen LogP contribution in [0.5, 0.6) is 0 Å². The molecule has 1 aliphatic heterocycles. The zero-order chi connectivity index (χ0) is 23.4. The molecule has 10 heteroatoms. The minimum Gasteiger partial charge on any atom is -0.363 e. The van der Waals surface area contributed by atoms with E-state index in [0.29, 0.717) is 42.6 Å². The summed E-state index contributed by atoms with van der Waals surface area (Å²) >= 11 is 5.90. The molecule has 3 amide bonds. The zero-order valence-electron chi connectivity index (χ0n) is 18.2. The number of nitro benzene ring substituents is 1. The van der Waals surface area contributed by atoms with Crippen LogP contribution in [0.25, 0.3) is 0 Å². The number of anilines is 2. The van der Waals surface area contributed by atoms with Crippen molar-refractivity contribution < 1.29 is 14.5 Å². The SMILES string of the molecule is Cc1ccc(NC(=O)NC(=O)C(C)N2CCN(c3ccc(Cl)cc3[N+](=O)[O-])CC2)c(C)c1. The van der Waals surface area contributed by atoms with E-state index in [2.05, 4.69) is 10.6 Å². The number of aryl methyl sites for hydroxylation is 2. The molecule has 0 aromatic heterocycles. The number of piperazine rings is 1. The summed E-state index contributed by atoms with van der Waals surface area (Å²) in [4.78, 5) is 39.6. The van der Waals surface area contributed by atoms with E-state index in [9.17, 15) is 19.7 Å². The first-order chi connectivity index (χ1) is 15.2. The molecule has 1 aliphatic rings. The average Bonchev–Trinajstić information content (AvgIpc) is 2.75. The molecular weight excluding hydrogens is 434 g/mol. The Kier molecular flexibility index (Phi) is 7.32. The second-order valence-corrected chi connectivity index (χ2v) is 8.29. The zero-order valence-corrected chi connectivity index (χ0v) is 19.0. The molecule has 0 spiro atoms. The van der Waals surface area contributed by atoms with Crippen LogP contribution in [-0.4, -0.2) is 54.0 Å². The largest absolute Gasteiger partial charge is 0.363 e. The third-order valence-electron chi connectivity index (χ3n) is 5.58. The fourth-order valence-corrected chi connectivity index (χ4v) is 3.92. The fraction of sp³-hybridized carbons (Fsp3) is 0.364. The van der Waals surface area contributed by atoms with Gasteiger partial charge in [0.05, 0.1) is 11.0 Å². The highest BCUT2D eigenvalue weighted by molar-refractivity contribution is 6.30. The van der Waals surface area contributed by atoms with Gasteiger partial charge < -0.3 is 10.2 Å². The number of hydrogen-bond donors (Lipinski definition) is 2. The number of carbonyl (C=O) groups excluding carboxylic acids is 2. The molecule has 2 aromatic carbocycles. The Morgan fingerprint density at radius 2 is 1.78 bits per heavy atom. The van der Waals surface area contributed by atoms with Crippen LogP contribution < -0.4 is 15.5 Å². The van der Waals surface area contributed by atoms with Crippen LogP contribution in [0.4, 0.5) is 21.9 Å². The topological polar surface area (TPSA) is 108 Å². The predicted molar refractivity (Wildman–Crippen MR) is 124 cm³/mol. The van der Waals surface area contributed by atoms with Crippen molar-refractivity contribution in [3.05, 3.63) is 62.7 Å². The summed E-state index contributed by atoms with van der Waals surface area (Å²) in [6.07, 6.45) is 0. The van der Waals surface area contributed by atoms with Crippen molar-refractivity contribution in [3.63, 3.8) is 0 Å². The van der Waals surface area contributed by atoms with Gasteiger partial charge in [-0.2, -0.15) is 0 Å². The van der Waals surface area contributed by atoms with Gasteiger partial charge in [-0.15, -0.1) is 0 Å². The molecule has 2 N–H and O–H groups in total. The van der Waals surface area contributed by atoms with E-state index in [4.69, 9.17) is 11.6 Å². The number of nitro groups is 1. The van der Waals surface area contributed by atoms with Crippen LogP contribution in [0.3, 0.4) is 0 Å². The number of urea groups is 1. The lowest BCUT2D eigenvalue weighted by Gasteiger charge is -2.38. The van der Waals surface area contributed by atoms with Crippen LogP contribution in [0.15, 0.2) is 36.4 Å². The molecule has 170 valence electrons. The molecule has 1 saturated heterocycles. The van der Waals surface area contributed by atoms with E-state index in [0.717, 1.165) is 11.1 Å². The normalized spacial score (nSPS) is 15.2. The lowest BCUT2D eigenvalue weighted by atomic mass is 10.1. The third kappa shape index (κ3) is 5.54. The van der Waals surface area contributed by atoms with Crippen molar-refractivity contribution in [3.8, 4) is 0 Å². The van der Waals surface area contributed by atoms with E-state index in [1.165, 1.54) is 6.07 Å². The van der Waals surface area contributed by atoms with Crippen molar-refractivity contribution in [2.24, 2.45) is 0 Å². The summed E-state index contributed by atoms with van der Waals surface area (Å²) in [5.74, 6) is -0.404. The van der Waals surface area contributed by atoms with E-state index in [-0.39, 0.29) is 5.69 Å². The molecule has 1 heterocycles. The van der Waals surface area contributed by atoms with Crippen LogP contribution in [0.2, 0.25) is 5.02 Å². The highest BCUT2D eigenvalue weighted by Gasteiger charge is 2.29. The second-order valence-electron chi connectivity index (χ2n) is 7.85. The molecule has 1 fully saturated rings. The average molecular weight is 460 g/mol. The van der Waals surface area contributed by atoms with Crippen LogP contribution >= 0.6 is 11.6 Å². The van der Waals surface area contributed by atoms with Crippen molar-refractivity contribution >= 4 is 40.6 Å². The fourth-order valence-electron chi connectivity index (χ4n) is 3.75. The van der Waals surface area contributed by atoms with Gasteiger partial charge in [-0.3, -0.25) is 25.1 Å². The summed E-state index contributed by atoms with van der Waals surface area (Å²) in [6.45, 7) is 7.65. The van der Waals surface area contributed by atoms with E-state index < -0.39 is 22.9 Å². The van der Waals surface area contributed by atoms with Crippen molar-refractivity contribution in [1.82, 2.24) is 10.2 Å². The highest BCUT2D eigenvalue weighted by atomic mass is 35.5. The lowest BCUT2D eigenvalue weighted by molar-refractivity contribution is -0.384. The minimum absolute atomic E-state index is 0.0418. The molecule has 3 rings (SSSR count). The molecule has 0 bridgehead atoms. The number of amides is 3. The molecule has 0 radical (unpaired) electrons. The number of hydrogen-bond acceptors (Lipinski definition) is 6. The molecule has 32 heavy (non-hydrogen) atoms. The molecule has 2 aromatic rings. The molecule has 0 aliphatic carbocycles. The van der Waals surface area contributed by atoms with Crippen LogP contribution in [-0.2, 0) is 4.79 Å². The number of nitrogens with zero attached hydrogens (tertiary/aromatic N) is 3. The number of halogens is 1. The van der Waals surface area contributed by atoms with Gasteiger partial charge in [-0.05, 0) is 44.5 Å². The summed E-state index contributed by atoms with van der Waals surface area (Å²) in [5.41, 5.74) is 3.10. The quantitative estimate of drug-likeness (QED) is 0.521. The van der Waals surface area contributed by atoms with Gasteiger partial charge in [0, 0.05) is 43.0 Å². The van der Waals surface area contributed by atoms with Crippen LogP contribution in [0.1, 0.15) is 18.1 Å². The Balaban J connectivity index is 1.56. The standard InChI is InChI=1S/C22H26ClN5O4/c1-14-4-6-18(15(2)12-14)24-22(30)25-21(29)16(3)26-8-10-27(11-9-26)19-7-5-17(23)13-20(19)28(31)32/h4-7,12-13,16H,8-11H2,1-3H3,(H2,24,25,29,30). The van der Waals surface area contributed by atoms with Gasteiger partial charge in [0.2, 0.25) is 5.91 Å². The smallest absolute Gasteiger partial charge is 0.325 e. The molecule has 1 atom stereocenters. The van der Waals surface area contributed by atoms with E-state index in [1.54, 1.807) is 25.1 Å². The first-order valence-corrected chi connectivity index (χ1v) is 10.7. The Bertz CT molecular complexity index is 1040. The van der Waals surface area contributed by atoms with Gasteiger partial charge in [-0.25, -0.2) is 4.79 Å². The molecule has 0 saturated carbocycles. The second kappa shape index (κ2) is 9.97. The Labute approximate surface area is 191 Å². The van der Waals surface area contributed by atoms with E-state index >= 15 is 0 Å². The summed E-state index contributed by atoms with van der Waals surface area (Å²) in [5, 5.41) is 16.8. The monoisotopic (exact) mass is 459 g/mol. The molecule has 1 unspecified atom stereocenters. The predicted octanol–water partition coefficient (Wildman–Crippen LogP) is 3.72. The van der Waals surface area contributed by atoms with Crippen molar-refractivity contribution in [2.45, 2.75) is 26.8 Å². The number of carbonyl (C=O) groups is 2. The number of rotatable bonds is 5. The maximum absolute atomic E-state index is 12.6. The molecular formula is C22H26ClN5O4. The van der Waals surface area contributed by atoms with E-state index in [1.807, 2.05) is 35.8 Å². The van der Waals surface area contributed by atoms with Crippen LogP contribution in [0, 0.1) is 24.0 Å². The summed E-state index contributed by atoms with van der Waals surface area (Å²) in [6, 6.07) is 9.14. The lowest BCUT2D eigenvalue weighted by Crippen LogP contribution is -2.55. The highest BCUT2D eigenvalue weighted by Crippen LogP contribution is 2.31. The first kappa shape index (κ1) is 23.5. The maximum Gasteiger partial charge on any atom is 0.325 e. The van der Waals surface area contributed by atoms with Crippen molar-refractivity contribution in [2.75, 3.05) is 36.4 Å².